The molecule has 0 atom stereocenters. The van der Waals surface area contributed by atoms with Crippen molar-refractivity contribution in [2.24, 2.45) is 0 Å². The molecule has 0 aromatic carbocycles. The van der Waals surface area contributed by atoms with Crippen LogP contribution >= 0.6 is 0 Å². The SMILES string of the molecule is CC(=O)[O-].CC(=O)[O-].O.O.[OH3+].[Zn+2].c1ccc(-c2ccccn2)nc1. The standard InChI is InChI=1S/C10H8N2.2C2H4O2.3H2O.Zn/c1-3-7-11-9(5-1)10-6-2-4-8-12-10;2*1-2(3)4;;;;/h1-8H;2*1H3,(H,3,4);3*1H2;/q;;;;;;+2/p-1. The number of aliphatic carboxylic acids is 2. The van der Waals surface area contributed by atoms with Crippen LogP contribution in [0.5, 0.6) is 0 Å². The Morgan fingerprint density at radius 3 is 1.21 bits per heavy atom. The Balaban J connectivity index is -0.0000000876. The molecule has 2 rings (SSSR count). The van der Waals surface area contributed by atoms with Gasteiger partial charge in [0.05, 0.1) is 11.4 Å². The average molecular weight is 395 g/mol. The van der Waals surface area contributed by atoms with Gasteiger partial charge in [-0.3, -0.25) is 9.97 Å². The second-order valence-electron chi connectivity index (χ2n) is 3.41. The molecular formula is C14H21N2O7Zn+. The third-order valence-corrected chi connectivity index (χ3v) is 1.59. The average Bonchev–Trinajstić information content (AvgIpc) is 2.39. The van der Waals surface area contributed by atoms with Gasteiger partial charge in [-0.1, -0.05) is 12.1 Å². The van der Waals surface area contributed by atoms with E-state index in [0.29, 0.717) is 0 Å². The monoisotopic (exact) mass is 393 g/mol. The maximum atomic E-state index is 8.89. The van der Waals surface area contributed by atoms with Crippen LogP contribution in [0.15, 0.2) is 48.8 Å². The van der Waals surface area contributed by atoms with Crippen molar-refractivity contribution in [3.8, 4) is 11.4 Å². The van der Waals surface area contributed by atoms with Crippen LogP contribution < -0.4 is 10.2 Å². The van der Waals surface area contributed by atoms with Crippen molar-refractivity contribution < 1.29 is 55.7 Å². The van der Waals surface area contributed by atoms with E-state index in [1.54, 1.807) is 12.4 Å². The predicted octanol–water partition coefficient (Wildman–Crippen LogP) is -2.92. The number of carbonyl (C=O) groups excluding carboxylic acids is 2. The second kappa shape index (κ2) is 20.7. The fourth-order valence-electron chi connectivity index (χ4n) is 1.03. The van der Waals surface area contributed by atoms with E-state index in [1.165, 1.54) is 0 Å². The molecule has 0 unspecified atom stereocenters. The summed E-state index contributed by atoms with van der Waals surface area (Å²) in [7, 11) is 0. The number of pyridine rings is 2. The van der Waals surface area contributed by atoms with Gasteiger partial charge in [0.1, 0.15) is 0 Å². The first-order chi connectivity index (χ1) is 9.43. The molecule has 9 nitrogen and oxygen atoms in total. The summed E-state index contributed by atoms with van der Waals surface area (Å²) in [5.41, 5.74) is 1.83. The fourth-order valence-corrected chi connectivity index (χ4v) is 1.03. The van der Waals surface area contributed by atoms with Crippen LogP contribution in [0.4, 0.5) is 0 Å². The summed E-state index contributed by atoms with van der Waals surface area (Å²) in [6, 6.07) is 11.6. The second-order valence-corrected chi connectivity index (χ2v) is 3.41. The summed E-state index contributed by atoms with van der Waals surface area (Å²) in [6.07, 6.45) is 3.54. The molecule has 0 saturated carbocycles. The van der Waals surface area contributed by atoms with Crippen LogP contribution in [-0.2, 0) is 34.5 Å². The third-order valence-electron chi connectivity index (χ3n) is 1.59. The number of carboxylic acid groups (broad SMARTS) is 2. The summed E-state index contributed by atoms with van der Waals surface area (Å²) >= 11 is 0. The maximum absolute atomic E-state index is 8.89. The maximum Gasteiger partial charge on any atom is 2.00 e. The molecule has 0 aliphatic rings. The topological polar surface area (TPSA) is 202 Å². The Labute approximate surface area is 152 Å². The van der Waals surface area contributed by atoms with E-state index in [4.69, 9.17) is 19.8 Å². The van der Waals surface area contributed by atoms with Crippen molar-refractivity contribution in [3.63, 3.8) is 0 Å². The zero-order valence-corrected chi connectivity index (χ0v) is 16.4. The van der Waals surface area contributed by atoms with E-state index >= 15 is 0 Å². The van der Waals surface area contributed by atoms with E-state index in [-0.39, 0.29) is 35.9 Å². The molecule has 0 saturated heterocycles. The van der Waals surface area contributed by atoms with Gasteiger partial charge < -0.3 is 36.2 Å². The molecule has 10 heteroatoms. The smallest absolute Gasteiger partial charge is 0.550 e. The summed E-state index contributed by atoms with van der Waals surface area (Å²) in [6.45, 7) is 1.94. The predicted molar refractivity (Wildman–Crippen MR) is 80.9 cm³/mol. The van der Waals surface area contributed by atoms with Crippen LogP contribution in [0.2, 0.25) is 0 Å². The molecule has 2 aromatic heterocycles. The van der Waals surface area contributed by atoms with Crippen LogP contribution in [0.3, 0.4) is 0 Å². The van der Waals surface area contributed by atoms with Crippen molar-refractivity contribution in [3.05, 3.63) is 48.8 Å². The first kappa shape index (κ1) is 33.4. The fraction of sp³-hybridized carbons (Fsp3) is 0.143. The van der Waals surface area contributed by atoms with E-state index in [2.05, 4.69) is 9.97 Å². The minimum Gasteiger partial charge on any atom is -0.550 e. The molecule has 7 N–H and O–H groups in total. The zero-order valence-electron chi connectivity index (χ0n) is 13.4. The van der Waals surface area contributed by atoms with Gasteiger partial charge in [-0.05, 0) is 38.1 Å². The molecule has 0 amide bonds. The minimum absolute atomic E-state index is 0. The first-order valence-electron chi connectivity index (χ1n) is 5.61. The summed E-state index contributed by atoms with van der Waals surface area (Å²) in [4.78, 5) is 26.2. The molecule has 0 aliphatic carbocycles. The molecule has 0 fully saturated rings. The Morgan fingerprint density at radius 2 is 1.04 bits per heavy atom. The van der Waals surface area contributed by atoms with Crippen LogP contribution in [0.25, 0.3) is 11.4 Å². The van der Waals surface area contributed by atoms with Gasteiger partial charge in [0.25, 0.3) is 0 Å². The molecule has 0 bridgehead atoms. The molecule has 2 heterocycles. The Bertz CT molecular complexity index is 470. The summed E-state index contributed by atoms with van der Waals surface area (Å²) in [5.74, 6) is -2.17. The van der Waals surface area contributed by atoms with Gasteiger partial charge in [-0.2, -0.15) is 0 Å². The summed E-state index contributed by atoms with van der Waals surface area (Å²) < 4.78 is 0. The van der Waals surface area contributed by atoms with Gasteiger partial charge >= 0.3 is 19.5 Å². The van der Waals surface area contributed by atoms with Crippen molar-refractivity contribution >= 4 is 11.9 Å². The van der Waals surface area contributed by atoms with Gasteiger partial charge in [0.2, 0.25) is 0 Å². The van der Waals surface area contributed by atoms with Gasteiger partial charge in [0.15, 0.2) is 0 Å². The molecule has 130 valence electrons. The largest absolute Gasteiger partial charge is 2.00 e. The van der Waals surface area contributed by atoms with Crippen molar-refractivity contribution in [1.29, 1.82) is 0 Å². The zero-order chi connectivity index (χ0) is 15.4. The quantitative estimate of drug-likeness (QED) is 0.365. The van der Waals surface area contributed by atoms with E-state index in [0.717, 1.165) is 25.2 Å². The van der Waals surface area contributed by atoms with E-state index < -0.39 is 11.9 Å². The molecular weight excluding hydrogens is 374 g/mol. The summed E-state index contributed by atoms with van der Waals surface area (Å²) in [5, 5.41) is 17.8. The Hall–Kier alpha value is -2.26. The molecule has 24 heavy (non-hydrogen) atoms. The van der Waals surface area contributed by atoms with Crippen LogP contribution in [-0.4, -0.2) is 32.9 Å². The van der Waals surface area contributed by atoms with Crippen molar-refractivity contribution in [1.82, 2.24) is 9.97 Å². The van der Waals surface area contributed by atoms with E-state index in [9.17, 15) is 0 Å². The molecule has 0 spiro atoms. The van der Waals surface area contributed by atoms with Gasteiger partial charge in [-0.25, -0.2) is 0 Å². The Morgan fingerprint density at radius 1 is 0.792 bits per heavy atom. The normalized spacial score (nSPS) is 6.92. The number of nitrogens with zero attached hydrogens (tertiary/aromatic N) is 2. The number of aromatic nitrogens is 2. The van der Waals surface area contributed by atoms with E-state index in [1.807, 2.05) is 36.4 Å². The molecule has 2 aromatic rings. The number of hydrogen-bond acceptors (Lipinski definition) is 6. The van der Waals surface area contributed by atoms with Gasteiger partial charge in [0, 0.05) is 24.3 Å². The number of rotatable bonds is 1. The number of carboxylic acids is 2. The van der Waals surface area contributed by atoms with Crippen molar-refractivity contribution in [2.75, 3.05) is 0 Å². The van der Waals surface area contributed by atoms with Crippen LogP contribution in [0, 0.1) is 0 Å². The van der Waals surface area contributed by atoms with Crippen LogP contribution in [0.1, 0.15) is 13.8 Å². The molecule has 0 radical (unpaired) electrons. The number of hydrogen-bond donors (Lipinski definition) is 0. The number of carbonyl (C=O) groups is 2. The molecule has 0 aliphatic heterocycles. The first-order valence-corrected chi connectivity index (χ1v) is 5.61. The minimum atomic E-state index is -1.08. The Kier molecular flexibility index (Phi) is 28.8. The third kappa shape index (κ3) is 22.0. The van der Waals surface area contributed by atoms with Crippen molar-refractivity contribution in [2.45, 2.75) is 13.8 Å². The van der Waals surface area contributed by atoms with Gasteiger partial charge in [-0.15, -0.1) is 0 Å².